The van der Waals surface area contributed by atoms with Crippen molar-refractivity contribution in [3.63, 3.8) is 0 Å². The zero-order valence-electron chi connectivity index (χ0n) is 41.4. The summed E-state index contributed by atoms with van der Waals surface area (Å²) in [6, 6.07) is 30.4. The van der Waals surface area contributed by atoms with E-state index in [4.69, 9.17) is 0 Å². The van der Waals surface area contributed by atoms with Gasteiger partial charge in [0.15, 0.2) is 11.6 Å². The topological polar surface area (TPSA) is 136 Å². The number of anilines is 3. The van der Waals surface area contributed by atoms with E-state index in [1.807, 2.05) is 54.6 Å². The third kappa shape index (κ3) is 6.34. The molecule has 69 heavy (non-hydrogen) atoms. The van der Waals surface area contributed by atoms with Gasteiger partial charge in [0.25, 0.3) is 0 Å². The number of carbonyl (C=O) groups is 2. The number of allylic oxidation sites excluding steroid dienone is 6. The van der Waals surface area contributed by atoms with E-state index in [1.54, 1.807) is 0 Å². The maximum Gasteiger partial charge on any atom is 0.234 e. The number of hydrogen-bond donors (Lipinski definition) is 4. The van der Waals surface area contributed by atoms with Gasteiger partial charge in [-0.3, -0.25) is 9.59 Å². The Morgan fingerprint density at radius 2 is 1.25 bits per heavy atom. The van der Waals surface area contributed by atoms with Gasteiger partial charge in [0.2, 0.25) is 22.0 Å². The van der Waals surface area contributed by atoms with E-state index in [1.165, 1.54) is 10.9 Å². The molecule has 3 aliphatic heterocycles. The molecule has 0 saturated carbocycles. The highest BCUT2D eigenvalue weighted by atomic mass is 16.3. The van der Waals surface area contributed by atoms with Gasteiger partial charge in [-0.1, -0.05) is 134 Å². The van der Waals surface area contributed by atoms with Crippen LogP contribution in [0.25, 0.3) is 49.0 Å². The zero-order chi connectivity index (χ0) is 48.6. The summed E-state index contributed by atoms with van der Waals surface area (Å²) in [6.45, 7) is 22.4. The quantitative estimate of drug-likeness (QED) is 0.168. The molecule has 3 heterocycles. The van der Waals surface area contributed by atoms with Gasteiger partial charge in [0.05, 0.1) is 32.6 Å². The van der Waals surface area contributed by atoms with E-state index in [0.29, 0.717) is 33.0 Å². The molecule has 0 amide bonds. The first-order valence-corrected chi connectivity index (χ1v) is 24.9. The molecule has 0 radical (unpaired) electrons. The Kier molecular flexibility index (Phi) is 10.0. The first-order valence-electron chi connectivity index (χ1n) is 24.9. The molecule has 4 atom stereocenters. The van der Waals surface area contributed by atoms with Crippen LogP contribution in [0.1, 0.15) is 99.6 Å². The summed E-state index contributed by atoms with van der Waals surface area (Å²) in [5.74, 6) is -0.466. The van der Waals surface area contributed by atoms with Gasteiger partial charge in [-0.2, -0.15) is 0 Å². The summed E-state index contributed by atoms with van der Waals surface area (Å²) in [4.78, 5) is 39.3. The Balaban J connectivity index is 1.10. The Labute approximate surface area is 403 Å². The Morgan fingerprint density at radius 3 is 1.90 bits per heavy atom. The molecule has 0 fully saturated rings. The average Bonchev–Trinajstić information content (AvgIpc) is 3.55. The largest absolute Gasteiger partial charge is 0.871 e. The van der Waals surface area contributed by atoms with Crippen LogP contribution in [0.4, 0.5) is 17.1 Å². The van der Waals surface area contributed by atoms with Crippen LogP contribution in [0.5, 0.6) is 0 Å². The highest BCUT2D eigenvalue weighted by Crippen LogP contribution is 2.52. The molecule has 0 aromatic heterocycles. The molecule has 4 unspecified atom stereocenters. The molecule has 0 spiro atoms. The number of hydrogen-bond acceptors (Lipinski definition) is 7. The fraction of sp³-hybridized carbons (Fsp3) is 0.333. The van der Waals surface area contributed by atoms with Crippen molar-refractivity contribution in [3.8, 4) is 0 Å². The fourth-order valence-electron chi connectivity index (χ4n) is 11.8. The minimum atomic E-state index is -0.773. The van der Waals surface area contributed by atoms with E-state index in [9.17, 15) is 19.8 Å². The van der Waals surface area contributed by atoms with Crippen molar-refractivity contribution < 1.29 is 29.8 Å². The minimum Gasteiger partial charge on any atom is -0.871 e. The van der Waals surface area contributed by atoms with Crippen molar-refractivity contribution in [1.29, 1.82) is 0 Å². The first kappa shape index (κ1) is 44.5. The molecule has 0 bridgehead atoms. The number of nitrogens with one attached hydrogen (secondary N) is 4. The molecule has 350 valence electrons. The summed E-state index contributed by atoms with van der Waals surface area (Å²) in [5, 5.41) is 45.4. The van der Waals surface area contributed by atoms with Gasteiger partial charge >= 0.3 is 0 Å². The van der Waals surface area contributed by atoms with Crippen LogP contribution in [0.15, 0.2) is 120 Å². The van der Waals surface area contributed by atoms with Gasteiger partial charge in [-0.25, -0.2) is 9.98 Å². The van der Waals surface area contributed by atoms with E-state index in [0.717, 1.165) is 75.2 Å². The second-order valence-electron chi connectivity index (χ2n) is 21.5. The second-order valence-corrected chi connectivity index (χ2v) is 21.5. The number of rotatable bonds is 9. The number of carbonyl (C=O) groups excluding carboxylic acids is 2. The number of fused-ring (bicyclic) bond motifs is 3. The van der Waals surface area contributed by atoms with Gasteiger partial charge in [-0.05, 0) is 82.6 Å². The normalized spacial score (nSPS) is 24.3. The molecule has 9 nitrogen and oxygen atoms in total. The highest BCUT2D eigenvalue weighted by molar-refractivity contribution is 6.52. The standard InChI is InChI=1S/C60H61N5O4/c1-11-32(5)59(9)61-42-19-15-17-35-20-24-39(51(62-59)45(35)42)48-56(68)49(57(48)69)40-26-22-36-21-25-38(52-46(36)53(40)64-60(10,63-52)33(6)12-2)47-54(66)41(55(47)67)30-44-58(7,8)50-37-18-14-13-16-34(37)23-27-43(50)65(44)29-28-31(3)4/h13-27,30-33,61,64,66,68H,11-12,28-29H2,1-10H3/b44-30-,47-38-,48-39-. The molecular weight excluding hydrogens is 855 g/mol. The Morgan fingerprint density at radius 1 is 0.652 bits per heavy atom. The van der Waals surface area contributed by atoms with E-state index in [-0.39, 0.29) is 57.2 Å². The van der Waals surface area contributed by atoms with Crippen LogP contribution in [0, 0.1) is 17.8 Å². The summed E-state index contributed by atoms with van der Waals surface area (Å²) < 4.78 is 0. The summed E-state index contributed by atoms with van der Waals surface area (Å²) in [6.07, 6.45) is 4.53. The molecule has 4 N–H and O–H groups in total. The summed E-state index contributed by atoms with van der Waals surface area (Å²) in [7, 11) is 0. The average molecular weight is 916 g/mol. The van der Waals surface area contributed by atoms with Gasteiger partial charge in [0, 0.05) is 76.9 Å². The van der Waals surface area contributed by atoms with Crippen molar-refractivity contribution >= 4 is 77.7 Å². The fourth-order valence-corrected chi connectivity index (χ4v) is 11.8. The van der Waals surface area contributed by atoms with Crippen LogP contribution < -0.4 is 56.9 Å². The molecule has 11 rings (SSSR count). The van der Waals surface area contributed by atoms with Crippen LogP contribution >= 0.6 is 0 Å². The lowest BCUT2D eigenvalue weighted by atomic mass is 9.78. The lowest BCUT2D eigenvalue weighted by Gasteiger charge is -2.36. The third-order valence-electron chi connectivity index (χ3n) is 16.6. The molecule has 5 aliphatic rings. The van der Waals surface area contributed by atoms with Gasteiger partial charge in [-0.15, -0.1) is 0 Å². The molecule has 6 aromatic carbocycles. The maximum atomic E-state index is 14.8. The van der Waals surface area contributed by atoms with Crippen LogP contribution in [0.2, 0.25) is 0 Å². The van der Waals surface area contributed by atoms with Crippen LogP contribution in [-0.4, -0.2) is 29.4 Å². The summed E-state index contributed by atoms with van der Waals surface area (Å²) >= 11 is 0. The third-order valence-corrected chi connectivity index (χ3v) is 16.6. The first-order chi connectivity index (χ1) is 32.9. The number of Topliss-reactive ketones (excluding diaryl/α,β-unsaturated/α-hetero) is 2. The van der Waals surface area contributed by atoms with Crippen molar-refractivity contribution in [1.82, 2.24) is 0 Å². The lowest BCUT2D eigenvalue weighted by Crippen LogP contribution is -2.96. The molecule has 6 aromatic rings. The smallest absolute Gasteiger partial charge is 0.234 e. The minimum absolute atomic E-state index is 0.0462. The number of ketones is 2. The molecule has 0 saturated heterocycles. The van der Waals surface area contributed by atoms with E-state index in [2.05, 4.69) is 137 Å². The Bertz CT molecular complexity index is 3690. The zero-order valence-corrected chi connectivity index (χ0v) is 41.4. The van der Waals surface area contributed by atoms with E-state index < -0.39 is 16.7 Å². The Hall–Kier alpha value is -7.00. The van der Waals surface area contributed by atoms with Crippen LogP contribution in [0.3, 0.4) is 0 Å². The van der Waals surface area contributed by atoms with Crippen molar-refractivity contribution in [2.45, 2.75) is 105 Å². The predicted octanol–water partition coefficient (Wildman–Crippen LogP) is 4.50. The molecule has 2 aliphatic carbocycles. The van der Waals surface area contributed by atoms with Crippen LogP contribution in [-0.2, 0) is 15.0 Å². The van der Waals surface area contributed by atoms with Crippen molar-refractivity contribution in [3.05, 3.63) is 152 Å². The number of nitrogens with zero attached hydrogens (tertiary/aromatic N) is 1. The van der Waals surface area contributed by atoms with Gasteiger partial charge in [0.1, 0.15) is 0 Å². The van der Waals surface area contributed by atoms with Gasteiger partial charge < -0.3 is 25.7 Å². The SMILES string of the molecule is CCC(C)C1(C)Nc2cccc3cc/c(=C4/C(=O)C(c5ccc6cc/c(=C7/C(=O)C(/C=C8\N(CCC(C)C)c9ccc%10ccccc%10c9C8(C)C)=C7[O-])c7c6c5NC(C)(C(C)CC)[NH+]=7)=C4[O-])c(c23)=[NH+]1. The predicted molar refractivity (Wildman–Crippen MR) is 272 cm³/mol. The number of benzene rings is 6. The van der Waals surface area contributed by atoms with E-state index >= 15 is 0 Å². The maximum absolute atomic E-state index is 14.8. The van der Waals surface area contributed by atoms with Crippen molar-refractivity contribution in [2.75, 3.05) is 22.1 Å². The summed E-state index contributed by atoms with van der Waals surface area (Å²) in [5.41, 5.74) is 4.21. The highest BCUT2D eigenvalue weighted by Gasteiger charge is 2.45. The van der Waals surface area contributed by atoms with Crippen molar-refractivity contribution in [2.24, 2.45) is 17.8 Å². The molecular formula is C60H61N5O4. The monoisotopic (exact) mass is 915 g/mol. The molecule has 9 heteroatoms. The second kappa shape index (κ2) is 15.5. The lowest BCUT2D eigenvalue weighted by molar-refractivity contribution is -0.589.